The summed E-state index contributed by atoms with van der Waals surface area (Å²) < 4.78 is 5.59. The molecule has 19 heavy (non-hydrogen) atoms. The van der Waals surface area contributed by atoms with Crippen LogP contribution in [-0.2, 0) is 11.3 Å². The van der Waals surface area contributed by atoms with Gasteiger partial charge in [-0.05, 0) is 37.0 Å². The monoisotopic (exact) mass is 264 g/mol. The van der Waals surface area contributed by atoms with Crippen molar-refractivity contribution in [1.29, 1.82) is 0 Å². The Morgan fingerprint density at radius 2 is 2.11 bits per heavy atom. The number of nitrogens with two attached hydrogens (primary N) is 1. The number of hydrogen-bond donors (Lipinski definition) is 2. The number of aryl methyl sites for hydroxylation is 1. The summed E-state index contributed by atoms with van der Waals surface area (Å²) in [4.78, 5) is 2.41. The van der Waals surface area contributed by atoms with Crippen LogP contribution >= 0.6 is 0 Å². The Morgan fingerprint density at radius 1 is 1.37 bits per heavy atom. The van der Waals surface area contributed by atoms with Gasteiger partial charge >= 0.3 is 0 Å². The average molecular weight is 264 g/mol. The SMILES string of the molecule is Cc1cc(CN)ccc1N1CCC(OCCO)CC1. The Balaban J connectivity index is 1.94. The second-order valence-electron chi connectivity index (χ2n) is 5.11. The molecule has 2 rings (SSSR count). The first-order valence-electron chi connectivity index (χ1n) is 7.01. The van der Waals surface area contributed by atoms with Gasteiger partial charge in [-0.3, -0.25) is 0 Å². The lowest BCUT2D eigenvalue weighted by Crippen LogP contribution is -2.37. The van der Waals surface area contributed by atoms with E-state index in [2.05, 4.69) is 30.0 Å². The molecule has 1 saturated heterocycles. The van der Waals surface area contributed by atoms with Gasteiger partial charge in [0, 0.05) is 25.3 Å². The number of aliphatic hydroxyl groups excluding tert-OH is 1. The summed E-state index contributed by atoms with van der Waals surface area (Å²) in [6, 6.07) is 6.45. The molecule has 0 atom stereocenters. The van der Waals surface area contributed by atoms with E-state index in [1.165, 1.54) is 16.8 Å². The van der Waals surface area contributed by atoms with Crippen molar-refractivity contribution in [3.63, 3.8) is 0 Å². The summed E-state index contributed by atoms with van der Waals surface area (Å²) in [5.41, 5.74) is 9.44. The third kappa shape index (κ3) is 3.69. The van der Waals surface area contributed by atoms with Crippen molar-refractivity contribution in [2.75, 3.05) is 31.2 Å². The maximum absolute atomic E-state index is 8.77. The zero-order chi connectivity index (χ0) is 13.7. The summed E-state index contributed by atoms with van der Waals surface area (Å²) >= 11 is 0. The van der Waals surface area contributed by atoms with Crippen LogP contribution in [0.5, 0.6) is 0 Å². The Morgan fingerprint density at radius 3 is 2.68 bits per heavy atom. The standard InChI is InChI=1S/C15H24N2O2/c1-12-10-13(11-16)2-3-15(12)17-6-4-14(5-7-17)19-9-8-18/h2-3,10,14,18H,4-9,11,16H2,1H3. The molecule has 0 unspecified atom stereocenters. The van der Waals surface area contributed by atoms with Gasteiger partial charge in [-0.1, -0.05) is 12.1 Å². The molecule has 1 aromatic carbocycles. The zero-order valence-corrected chi connectivity index (χ0v) is 11.6. The van der Waals surface area contributed by atoms with E-state index in [1.807, 2.05) is 0 Å². The van der Waals surface area contributed by atoms with Crippen LogP contribution in [0.2, 0.25) is 0 Å². The maximum Gasteiger partial charge on any atom is 0.0701 e. The molecule has 0 radical (unpaired) electrons. The number of hydrogen-bond acceptors (Lipinski definition) is 4. The van der Waals surface area contributed by atoms with E-state index in [0.717, 1.165) is 25.9 Å². The quantitative estimate of drug-likeness (QED) is 0.844. The molecule has 3 N–H and O–H groups in total. The van der Waals surface area contributed by atoms with Gasteiger partial charge in [0.25, 0.3) is 0 Å². The molecular weight excluding hydrogens is 240 g/mol. The van der Waals surface area contributed by atoms with Crippen molar-refractivity contribution in [3.8, 4) is 0 Å². The zero-order valence-electron chi connectivity index (χ0n) is 11.6. The molecule has 0 bridgehead atoms. The van der Waals surface area contributed by atoms with E-state index < -0.39 is 0 Å². The van der Waals surface area contributed by atoms with Crippen molar-refractivity contribution in [1.82, 2.24) is 0 Å². The van der Waals surface area contributed by atoms with Crippen molar-refractivity contribution in [2.24, 2.45) is 5.73 Å². The largest absolute Gasteiger partial charge is 0.394 e. The Hall–Kier alpha value is -1.10. The van der Waals surface area contributed by atoms with E-state index in [-0.39, 0.29) is 6.61 Å². The molecule has 0 spiro atoms. The predicted octanol–water partition coefficient (Wildman–Crippen LogP) is 1.43. The van der Waals surface area contributed by atoms with Gasteiger partial charge < -0.3 is 20.5 Å². The first-order chi connectivity index (χ1) is 9.24. The fourth-order valence-corrected chi connectivity index (χ4v) is 2.68. The highest BCUT2D eigenvalue weighted by molar-refractivity contribution is 5.54. The summed E-state index contributed by atoms with van der Waals surface area (Å²) in [6.45, 7) is 5.33. The number of piperidine rings is 1. The lowest BCUT2D eigenvalue weighted by Gasteiger charge is -2.34. The van der Waals surface area contributed by atoms with Crippen LogP contribution in [0.3, 0.4) is 0 Å². The second-order valence-corrected chi connectivity index (χ2v) is 5.11. The summed E-state index contributed by atoms with van der Waals surface area (Å²) in [5, 5.41) is 8.77. The minimum Gasteiger partial charge on any atom is -0.394 e. The normalized spacial score (nSPS) is 16.9. The van der Waals surface area contributed by atoms with Gasteiger partial charge in [-0.15, -0.1) is 0 Å². The van der Waals surface area contributed by atoms with Crippen LogP contribution in [0.4, 0.5) is 5.69 Å². The fourth-order valence-electron chi connectivity index (χ4n) is 2.68. The van der Waals surface area contributed by atoms with Crippen molar-refractivity contribution < 1.29 is 9.84 Å². The van der Waals surface area contributed by atoms with Gasteiger partial charge in [-0.2, -0.15) is 0 Å². The summed E-state index contributed by atoms with van der Waals surface area (Å²) in [6.07, 6.45) is 2.35. The first kappa shape index (κ1) is 14.3. The molecule has 1 fully saturated rings. The molecule has 1 aliphatic heterocycles. The lowest BCUT2D eigenvalue weighted by atomic mass is 10.0. The maximum atomic E-state index is 8.77. The van der Waals surface area contributed by atoms with E-state index >= 15 is 0 Å². The molecule has 1 aromatic rings. The molecule has 1 heterocycles. The molecule has 0 amide bonds. The van der Waals surface area contributed by atoms with E-state index in [4.69, 9.17) is 15.6 Å². The number of benzene rings is 1. The number of nitrogens with zero attached hydrogens (tertiary/aromatic N) is 1. The first-order valence-corrected chi connectivity index (χ1v) is 7.01. The molecule has 4 heteroatoms. The minimum atomic E-state index is 0.111. The number of rotatable bonds is 5. The fraction of sp³-hybridized carbons (Fsp3) is 0.600. The highest BCUT2D eigenvalue weighted by atomic mass is 16.5. The number of aliphatic hydroxyl groups is 1. The van der Waals surface area contributed by atoms with E-state index in [1.54, 1.807) is 0 Å². The smallest absolute Gasteiger partial charge is 0.0701 e. The molecular formula is C15H24N2O2. The van der Waals surface area contributed by atoms with Crippen molar-refractivity contribution >= 4 is 5.69 Å². The Kier molecular flexibility index (Phi) is 5.19. The molecule has 106 valence electrons. The molecule has 1 aliphatic rings. The molecule has 0 saturated carbocycles. The Bertz CT molecular complexity index is 401. The highest BCUT2D eigenvalue weighted by Crippen LogP contribution is 2.25. The van der Waals surface area contributed by atoms with Crippen LogP contribution in [0, 0.1) is 6.92 Å². The van der Waals surface area contributed by atoms with Crippen molar-refractivity contribution in [2.45, 2.75) is 32.4 Å². The van der Waals surface area contributed by atoms with Crippen LogP contribution in [0.1, 0.15) is 24.0 Å². The number of ether oxygens (including phenoxy) is 1. The second kappa shape index (κ2) is 6.89. The minimum absolute atomic E-state index is 0.111. The van der Waals surface area contributed by atoms with Crippen molar-refractivity contribution in [3.05, 3.63) is 29.3 Å². The van der Waals surface area contributed by atoms with Crippen LogP contribution < -0.4 is 10.6 Å². The van der Waals surface area contributed by atoms with Gasteiger partial charge in [-0.25, -0.2) is 0 Å². The highest BCUT2D eigenvalue weighted by Gasteiger charge is 2.20. The molecule has 4 nitrogen and oxygen atoms in total. The summed E-state index contributed by atoms with van der Waals surface area (Å²) in [5.74, 6) is 0. The summed E-state index contributed by atoms with van der Waals surface area (Å²) in [7, 11) is 0. The third-order valence-corrected chi connectivity index (χ3v) is 3.72. The van der Waals surface area contributed by atoms with Crippen LogP contribution in [0.25, 0.3) is 0 Å². The third-order valence-electron chi connectivity index (χ3n) is 3.72. The van der Waals surface area contributed by atoms with Gasteiger partial charge in [0.2, 0.25) is 0 Å². The predicted molar refractivity (Wildman–Crippen MR) is 77.3 cm³/mol. The average Bonchev–Trinajstić information content (AvgIpc) is 2.45. The number of anilines is 1. The molecule has 0 aromatic heterocycles. The molecule has 0 aliphatic carbocycles. The van der Waals surface area contributed by atoms with E-state index in [0.29, 0.717) is 19.3 Å². The van der Waals surface area contributed by atoms with Gasteiger partial charge in [0.05, 0.1) is 19.3 Å². The van der Waals surface area contributed by atoms with Gasteiger partial charge in [0.15, 0.2) is 0 Å². The topological polar surface area (TPSA) is 58.7 Å². The van der Waals surface area contributed by atoms with Crippen LogP contribution in [-0.4, -0.2) is 37.5 Å². The Labute approximate surface area is 115 Å². The van der Waals surface area contributed by atoms with E-state index in [9.17, 15) is 0 Å². The van der Waals surface area contributed by atoms with Gasteiger partial charge in [0.1, 0.15) is 0 Å². The van der Waals surface area contributed by atoms with Crippen LogP contribution in [0.15, 0.2) is 18.2 Å². The lowest BCUT2D eigenvalue weighted by molar-refractivity contribution is 0.0159.